The maximum absolute atomic E-state index is 11.9. The number of aryl methyl sites for hydroxylation is 1. The highest BCUT2D eigenvalue weighted by molar-refractivity contribution is 5.76. The van der Waals surface area contributed by atoms with Gasteiger partial charge in [-0.25, -0.2) is 4.98 Å². The molecule has 34 heavy (non-hydrogen) atoms. The normalized spacial score (nSPS) is 13.1. The number of aromatic nitrogens is 2. The van der Waals surface area contributed by atoms with Gasteiger partial charge in [0.25, 0.3) is 0 Å². The van der Waals surface area contributed by atoms with Crippen molar-refractivity contribution in [3.8, 4) is 0 Å². The molecule has 1 aromatic heterocycles. The predicted octanol–water partition coefficient (Wildman–Crippen LogP) is 3.82. The molecule has 2 atom stereocenters. The summed E-state index contributed by atoms with van der Waals surface area (Å²) in [5.74, 6) is -0.358. The quantitative estimate of drug-likeness (QED) is 0.289. The lowest BCUT2D eigenvalue weighted by Crippen LogP contribution is -2.23. The number of benzene rings is 1. The summed E-state index contributed by atoms with van der Waals surface area (Å²) in [5.41, 5.74) is 9.57. The minimum Gasteiger partial charge on any atom is -0.481 e. The molecule has 0 saturated carbocycles. The second-order valence-electron chi connectivity index (χ2n) is 9.24. The molecule has 0 spiro atoms. The van der Waals surface area contributed by atoms with Gasteiger partial charge in [0.2, 0.25) is 5.95 Å². The minimum absolute atomic E-state index is 0.105. The van der Waals surface area contributed by atoms with Crippen molar-refractivity contribution in [1.29, 1.82) is 0 Å². The zero-order valence-electron chi connectivity index (χ0n) is 21.0. The van der Waals surface area contributed by atoms with Crippen molar-refractivity contribution >= 4 is 17.7 Å². The zero-order valence-corrected chi connectivity index (χ0v) is 21.0. The van der Waals surface area contributed by atoms with Crippen LogP contribution in [0.15, 0.2) is 24.3 Å². The van der Waals surface area contributed by atoms with Crippen LogP contribution in [0.2, 0.25) is 0 Å². The summed E-state index contributed by atoms with van der Waals surface area (Å²) in [6.45, 7) is 5.10. The SMILES string of the molecule is CCCC(CCO)Nc1nc(N)nc(C)c1Cc1ccc([C@H](CCCCN(C)C)C(=O)O)cc1. The molecule has 0 bridgehead atoms. The highest BCUT2D eigenvalue weighted by atomic mass is 16.4. The van der Waals surface area contributed by atoms with E-state index in [4.69, 9.17) is 5.73 Å². The second kappa shape index (κ2) is 13.9. The van der Waals surface area contributed by atoms with Gasteiger partial charge in [-0.15, -0.1) is 0 Å². The number of aliphatic carboxylic acids is 1. The number of anilines is 2. The number of carbonyl (C=O) groups is 1. The van der Waals surface area contributed by atoms with Crippen LogP contribution in [0.3, 0.4) is 0 Å². The largest absolute Gasteiger partial charge is 0.481 e. The molecule has 8 nitrogen and oxygen atoms in total. The smallest absolute Gasteiger partial charge is 0.310 e. The van der Waals surface area contributed by atoms with Crippen molar-refractivity contribution in [1.82, 2.24) is 14.9 Å². The summed E-state index contributed by atoms with van der Waals surface area (Å²) < 4.78 is 0. The van der Waals surface area contributed by atoms with E-state index >= 15 is 0 Å². The molecule has 188 valence electrons. The third-order valence-electron chi connectivity index (χ3n) is 6.10. The van der Waals surface area contributed by atoms with Gasteiger partial charge in [-0.2, -0.15) is 4.98 Å². The number of unbranched alkanes of at least 4 members (excludes halogenated alkanes) is 1. The summed E-state index contributed by atoms with van der Waals surface area (Å²) in [7, 11) is 4.05. The Labute approximate surface area is 203 Å². The fourth-order valence-corrected chi connectivity index (χ4v) is 4.22. The van der Waals surface area contributed by atoms with Gasteiger partial charge in [0.15, 0.2) is 0 Å². The number of carboxylic acid groups (broad SMARTS) is 1. The fraction of sp³-hybridized carbons (Fsp3) is 0.577. The zero-order chi connectivity index (χ0) is 25.1. The van der Waals surface area contributed by atoms with Crippen molar-refractivity contribution in [2.45, 2.75) is 70.8 Å². The van der Waals surface area contributed by atoms with Crippen molar-refractivity contribution in [2.75, 3.05) is 38.3 Å². The van der Waals surface area contributed by atoms with Gasteiger partial charge in [0.1, 0.15) is 5.82 Å². The number of nitrogens with two attached hydrogens (primary N) is 1. The Morgan fingerprint density at radius 2 is 1.82 bits per heavy atom. The van der Waals surface area contributed by atoms with E-state index in [0.717, 1.165) is 54.6 Å². The molecule has 1 unspecified atom stereocenters. The van der Waals surface area contributed by atoms with Gasteiger partial charge in [-0.3, -0.25) is 4.79 Å². The third-order valence-corrected chi connectivity index (χ3v) is 6.10. The van der Waals surface area contributed by atoms with Crippen molar-refractivity contribution in [3.63, 3.8) is 0 Å². The fourth-order valence-electron chi connectivity index (χ4n) is 4.22. The van der Waals surface area contributed by atoms with Crippen LogP contribution in [-0.2, 0) is 11.2 Å². The minimum atomic E-state index is -0.780. The molecule has 0 amide bonds. The summed E-state index contributed by atoms with van der Waals surface area (Å²) in [5, 5.41) is 22.6. The van der Waals surface area contributed by atoms with Crippen LogP contribution >= 0.6 is 0 Å². The van der Waals surface area contributed by atoms with Crippen LogP contribution in [0.1, 0.15) is 73.8 Å². The van der Waals surface area contributed by atoms with E-state index in [2.05, 4.69) is 27.1 Å². The van der Waals surface area contributed by atoms with Crippen molar-refractivity contribution in [2.24, 2.45) is 0 Å². The number of hydrogen-bond donors (Lipinski definition) is 4. The molecule has 0 aliphatic carbocycles. The molecule has 0 saturated heterocycles. The van der Waals surface area contributed by atoms with Crippen LogP contribution in [0.4, 0.5) is 11.8 Å². The first kappa shape index (κ1) is 27.5. The summed E-state index contributed by atoms with van der Waals surface area (Å²) >= 11 is 0. The highest BCUT2D eigenvalue weighted by Gasteiger charge is 2.20. The van der Waals surface area contributed by atoms with Crippen LogP contribution in [0.25, 0.3) is 0 Å². The van der Waals surface area contributed by atoms with Gasteiger partial charge in [-0.05, 0) is 64.4 Å². The molecule has 2 aromatic rings. The van der Waals surface area contributed by atoms with Gasteiger partial charge < -0.3 is 26.2 Å². The number of aliphatic hydroxyl groups is 1. The molecule has 1 heterocycles. The monoisotopic (exact) mass is 471 g/mol. The number of carboxylic acids is 1. The van der Waals surface area contributed by atoms with Crippen LogP contribution < -0.4 is 11.1 Å². The summed E-state index contributed by atoms with van der Waals surface area (Å²) in [4.78, 5) is 22.8. The van der Waals surface area contributed by atoms with Crippen LogP contribution in [-0.4, -0.2) is 64.3 Å². The van der Waals surface area contributed by atoms with Crippen LogP contribution in [0, 0.1) is 6.92 Å². The Hall–Kier alpha value is -2.71. The van der Waals surface area contributed by atoms with E-state index in [1.807, 2.05) is 45.3 Å². The van der Waals surface area contributed by atoms with E-state index in [0.29, 0.717) is 25.1 Å². The standard InChI is InChI=1S/C26H41N5O3/c1-5-8-21(14-16-32)29-24-23(18(2)28-26(27)30-24)17-19-10-12-20(13-11-19)22(25(33)34)9-6-7-15-31(3)4/h10-13,21-22,32H,5-9,14-17H2,1-4H3,(H,33,34)(H3,27,28,29,30)/t21?,22-/m0/s1. The molecule has 0 aliphatic rings. The average Bonchev–Trinajstić information content (AvgIpc) is 2.76. The Kier molecular flexibility index (Phi) is 11.2. The Morgan fingerprint density at radius 3 is 2.41 bits per heavy atom. The number of nitrogens with one attached hydrogen (secondary N) is 1. The van der Waals surface area contributed by atoms with Gasteiger partial charge >= 0.3 is 5.97 Å². The topological polar surface area (TPSA) is 125 Å². The second-order valence-corrected chi connectivity index (χ2v) is 9.24. The molecule has 0 aliphatic heterocycles. The highest BCUT2D eigenvalue weighted by Crippen LogP contribution is 2.26. The number of aliphatic hydroxyl groups excluding tert-OH is 1. The van der Waals surface area contributed by atoms with E-state index in [-0.39, 0.29) is 18.6 Å². The molecule has 5 N–H and O–H groups in total. The average molecular weight is 472 g/mol. The maximum atomic E-state index is 11.9. The third kappa shape index (κ3) is 8.57. The molecule has 2 rings (SSSR count). The molecule has 0 fully saturated rings. The first-order valence-electron chi connectivity index (χ1n) is 12.2. The predicted molar refractivity (Wildman–Crippen MR) is 137 cm³/mol. The lowest BCUT2D eigenvalue weighted by atomic mass is 9.92. The first-order chi connectivity index (χ1) is 16.2. The van der Waals surface area contributed by atoms with Gasteiger partial charge in [0.05, 0.1) is 5.92 Å². The number of rotatable bonds is 15. The van der Waals surface area contributed by atoms with Crippen molar-refractivity contribution < 1.29 is 15.0 Å². The van der Waals surface area contributed by atoms with E-state index in [9.17, 15) is 15.0 Å². The van der Waals surface area contributed by atoms with E-state index < -0.39 is 11.9 Å². The molecule has 1 aromatic carbocycles. The molecule has 8 heteroatoms. The summed E-state index contributed by atoms with van der Waals surface area (Å²) in [6.07, 6.45) is 5.64. The molecular weight excluding hydrogens is 430 g/mol. The molecule has 0 radical (unpaired) electrons. The lowest BCUT2D eigenvalue weighted by molar-refractivity contribution is -0.139. The number of nitrogen functional groups attached to an aromatic ring is 1. The first-order valence-corrected chi connectivity index (χ1v) is 12.2. The summed E-state index contributed by atoms with van der Waals surface area (Å²) in [6, 6.07) is 7.93. The van der Waals surface area contributed by atoms with E-state index in [1.54, 1.807) is 0 Å². The lowest BCUT2D eigenvalue weighted by Gasteiger charge is -2.21. The Morgan fingerprint density at radius 1 is 1.12 bits per heavy atom. The molecular formula is C26H41N5O3. The number of hydrogen-bond acceptors (Lipinski definition) is 7. The maximum Gasteiger partial charge on any atom is 0.310 e. The van der Waals surface area contributed by atoms with Gasteiger partial charge in [-0.1, -0.05) is 44.0 Å². The Bertz CT molecular complexity index is 896. The van der Waals surface area contributed by atoms with E-state index in [1.165, 1.54) is 0 Å². The Balaban J connectivity index is 2.18. The van der Waals surface area contributed by atoms with Gasteiger partial charge in [0, 0.05) is 30.3 Å². The van der Waals surface area contributed by atoms with Crippen molar-refractivity contribution in [3.05, 3.63) is 46.6 Å². The number of nitrogens with zero attached hydrogens (tertiary/aromatic N) is 3. The van der Waals surface area contributed by atoms with Crippen LogP contribution in [0.5, 0.6) is 0 Å².